The van der Waals surface area contributed by atoms with Crippen LogP contribution in [0.2, 0.25) is 0 Å². The summed E-state index contributed by atoms with van der Waals surface area (Å²) in [5, 5.41) is 0. The maximum atomic E-state index is 6.30. The zero-order chi connectivity index (χ0) is 34.7. The molecule has 52 heavy (non-hydrogen) atoms. The molecule has 1 heteroatoms. The average Bonchev–Trinajstić information content (AvgIpc) is 3.68. The predicted octanol–water partition coefficient (Wildman–Crippen LogP) is 12.5. The lowest BCUT2D eigenvalue weighted by molar-refractivity contribution is 0.482. The third kappa shape index (κ3) is 4.29. The van der Waals surface area contributed by atoms with Gasteiger partial charge in [0.1, 0.15) is 11.5 Å². The summed E-state index contributed by atoms with van der Waals surface area (Å²) >= 11 is 0. The molecule has 10 rings (SSSR count). The van der Waals surface area contributed by atoms with E-state index in [1.807, 2.05) is 30.3 Å². The van der Waals surface area contributed by atoms with Crippen molar-refractivity contribution in [3.63, 3.8) is 0 Å². The fourth-order valence-corrected chi connectivity index (χ4v) is 9.23. The number of benzene rings is 8. The SMILES string of the molecule is Cc1ccc(C2(c3cccc(C4(c5ccc(Oc6ccccc6)cc5)c5ccccc5-c5ccccc54)c3)c3ccccc3-c3ccccc32)cc1. The molecular formula is C51H36O. The molecule has 0 aromatic heterocycles. The Bertz CT molecular complexity index is 2500. The molecule has 0 heterocycles. The van der Waals surface area contributed by atoms with E-state index in [1.54, 1.807) is 0 Å². The molecule has 0 fully saturated rings. The van der Waals surface area contributed by atoms with Crippen molar-refractivity contribution in [3.8, 4) is 33.8 Å². The Labute approximate surface area is 305 Å². The first-order valence-corrected chi connectivity index (χ1v) is 18.1. The van der Waals surface area contributed by atoms with Gasteiger partial charge in [0.25, 0.3) is 0 Å². The van der Waals surface area contributed by atoms with Gasteiger partial charge >= 0.3 is 0 Å². The molecule has 0 saturated heterocycles. The predicted molar refractivity (Wildman–Crippen MR) is 212 cm³/mol. The van der Waals surface area contributed by atoms with Crippen molar-refractivity contribution in [1.29, 1.82) is 0 Å². The molecule has 0 radical (unpaired) electrons. The van der Waals surface area contributed by atoms with E-state index in [-0.39, 0.29) is 0 Å². The summed E-state index contributed by atoms with van der Waals surface area (Å²) in [4.78, 5) is 0. The number of rotatable bonds is 6. The van der Waals surface area contributed by atoms with Gasteiger partial charge in [-0.25, -0.2) is 0 Å². The van der Waals surface area contributed by atoms with Crippen LogP contribution in [0.25, 0.3) is 22.3 Å². The lowest BCUT2D eigenvalue weighted by Crippen LogP contribution is -2.32. The van der Waals surface area contributed by atoms with Gasteiger partial charge in [-0.05, 0) is 98.0 Å². The second kappa shape index (κ2) is 11.8. The van der Waals surface area contributed by atoms with Crippen molar-refractivity contribution in [2.24, 2.45) is 0 Å². The molecule has 2 aliphatic rings. The van der Waals surface area contributed by atoms with Gasteiger partial charge in [0.2, 0.25) is 0 Å². The lowest BCUT2D eigenvalue weighted by atomic mass is 9.64. The highest BCUT2D eigenvalue weighted by atomic mass is 16.5. The van der Waals surface area contributed by atoms with Gasteiger partial charge in [0, 0.05) is 0 Å². The van der Waals surface area contributed by atoms with Crippen LogP contribution in [0.5, 0.6) is 11.5 Å². The van der Waals surface area contributed by atoms with Crippen molar-refractivity contribution >= 4 is 0 Å². The van der Waals surface area contributed by atoms with Crippen molar-refractivity contribution < 1.29 is 4.74 Å². The summed E-state index contributed by atoms with van der Waals surface area (Å²) in [6, 6.07) is 73.3. The highest BCUT2D eigenvalue weighted by molar-refractivity contribution is 5.88. The Morgan fingerprint density at radius 3 is 1.12 bits per heavy atom. The van der Waals surface area contributed by atoms with Gasteiger partial charge in [-0.1, -0.05) is 181 Å². The molecule has 8 aromatic carbocycles. The van der Waals surface area contributed by atoms with Crippen LogP contribution in [-0.2, 0) is 10.8 Å². The topological polar surface area (TPSA) is 9.23 Å². The molecule has 0 bridgehead atoms. The number of hydrogen-bond acceptors (Lipinski definition) is 1. The number of fused-ring (bicyclic) bond motifs is 6. The normalized spacial score (nSPS) is 14.2. The van der Waals surface area contributed by atoms with Crippen molar-refractivity contribution in [1.82, 2.24) is 0 Å². The quantitative estimate of drug-likeness (QED) is 0.172. The highest BCUT2D eigenvalue weighted by Crippen LogP contribution is 2.59. The molecule has 0 spiro atoms. The summed E-state index contributed by atoms with van der Waals surface area (Å²) in [6.07, 6.45) is 0. The fourth-order valence-electron chi connectivity index (χ4n) is 9.23. The molecule has 246 valence electrons. The molecule has 2 aliphatic carbocycles. The Kier molecular flexibility index (Phi) is 6.91. The zero-order valence-corrected chi connectivity index (χ0v) is 29.0. The molecule has 0 unspecified atom stereocenters. The van der Waals surface area contributed by atoms with E-state index in [1.165, 1.54) is 72.3 Å². The van der Waals surface area contributed by atoms with Crippen LogP contribution in [0.4, 0.5) is 0 Å². The highest BCUT2D eigenvalue weighted by Gasteiger charge is 2.49. The minimum Gasteiger partial charge on any atom is -0.457 e. The van der Waals surface area contributed by atoms with Gasteiger partial charge < -0.3 is 4.74 Å². The van der Waals surface area contributed by atoms with Crippen molar-refractivity contribution in [3.05, 3.63) is 250 Å². The number of hydrogen-bond donors (Lipinski definition) is 0. The van der Waals surface area contributed by atoms with E-state index < -0.39 is 10.8 Å². The van der Waals surface area contributed by atoms with Crippen LogP contribution in [0, 0.1) is 6.92 Å². The Morgan fingerprint density at radius 2 is 0.673 bits per heavy atom. The second-order valence-electron chi connectivity index (χ2n) is 14.1. The Hall–Kier alpha value is -6.44. The van der Waals surface area contributed by atoms with Crippen LogP contribution in [-0.4, -0.2) is 0 Å². The van der Waals surface area contributed by atoms with Crippen molar-refractivity contribution in [2.45, 2.75) is 17.8 Å². The van der Waals surface area contributed by atoms with E-state index in [9.17, 15) is 0 Å². The maximum Gasteiger partial charge on any atom is 0.127 e. The minimum atomic E-state index is -0.555. The molecule has 0 N–H and O–H groups in total. The molecule has 0 aliphatic heterocycles. The van der Waals surface area contributed by atoms with Crippen LogP contribution in [0.3, 0.4) is 0 Å². The maximum absolute atomic E-state index is 6.30. The Balaban J connectivity index is 1.25. The average molecular weight is 665 g/mol. The minimum absolute atomic E-state index is 0.497. The van der Waals surface area contributed by atoms with Gasteiger partial charge in [0.05, 0.1) is 10.8 Å². The summed E-state index contributed by atoms with van der Waals surface area (Å²) in [5.41, 5.74) is 15.6. The summed E-state index contributed by atoms with van der Waals surface area (Å²) < 4.78 is 6.30. The third-order valence-corrected chi connectivity index (χ3v) is 11.4. The smallest absolute Gasteiger partial charge is 0.127 e. The van der Waals surface area contributed by atoms with E-state index in [0.29, 0.717) is 0 Å². The lowest BCUT2D eigenvalue weighted by Gasteiger charge is -2.37. The molecule has 0 saturated carbocycles. The Morgan fingerprint density at radius 1 is 0.308 bits per heavy atom. The van der Waals surface area contributed by atoms with Gasteiger partial charge in [-0.3, -0.25) is 0 Å². The van der Waals surface area contributed by atoms with Crippen LogP contribution in [0.1, 0.15) is 50.1 Å². The fraction of sp³-hybridized carbons (Fsp3) is 0.0588. The number of para-hydroxylation sites is 1. The second-order valence-corrected chi connectivity index (χ2v) is 14.1. The first kappa shape index (κ1) is 30.4. The largest absolute Gasteiger partial charge is 0.457 e. The number of ether oxygens (including phenoxy) is 1. The monoisotopic (exact) mass is 664 g/mol. The summed E-state index contributed by atoms with van der Waals surface area (Å²) in [5.74, 6) is 1.64. The zero-order valence-electron chi connectivity index (χ0n) is 29.0. The van der Waals surface area contributed by atoms with E-state index in [0.717, 1.165) is 11.5 Å². The molecule has 0 amide bonds. The van der Waals surface area contributed by atoms with E-state index in [2.05, 4.69) is 177 Å². The van der Waals surface area contributed by atoms with Gasteiger partial charge in [-0.15, -0.1) is 0 Å². The summed E-state index contributed by atoms with van der Waals surface area (Å²) in [6.45, 7) is 2.17. The first-order chi connectivity index (χ1) is 25.7. The van der Waals surface area contributed by atoms with E-state index >= 15 is 0 Å². The van der Waals surface area contributed by atoms with E-state index in [4.69, 9.17) is 4.74 Å². The first-order valence-electron chi connectivity index (χ1n) is 18.1. The molecular weight excluding hydrogens is 629 g/mol. The van der Waals surface area contributed by atoms with Gasteiger partial charge in [0.15, 0.2) is 0 Å². The van der Waals surface area contributed by atoms with Crippen LogP contribution in [0.15, 0.2) is 200 Å². The summed E-state index contributed by atoms with van der Waals surface area (Å²) in [7, 11) is 0. The molecule has 0 atom stereocenters. The van der Waals surface area contributed by atoms with Crippen molar-refractivity contribution in [2.75, 3.05) is 0 Å². The molecule has 8 aromatic rings. The molecule has 1 nitrogen and oxygen atoms in total. The standard InChI is InChI=1S/C51H36O/c1-35-26-28-36(29-27-35)50(46-22-9-5-18-42(46)43-19-6-10-23-47(43)50)38-14-13-15-39(34-38)51(37-30-32-41(33-31-37)52-40-16-3-2-4-17-40)48-24-11-7-20-44(48)45-21-8-12-25-49(45)51/h2-34H,1H3. The number of aryl methyl sites for hydroxylation is 1. The van der Waals surface area contributed by atoms with Crippen LogP contribution < -0.4 is 4.74 Å². The van der Waals surface area contributed by atoms with Crippen LogP contribution >= 0.6 is 0 Å². The van der Waals surface area contributed by atoms with Gasteiger partial charge in [-0.2, -0.15) is 0 Å². The third-order valence-electron chi connectivity index (χ3n) is 11.4.